The van der Waals surface area contributed by atoms with Crippen molar-refractivity contribution in [2.24, 2.45) is 5.92 Å². The molecule has 1 N–H and O–H groups in total. The number of carbonyl (C=O) groups is 2. The molecule has 3 aliphatic rings. The van der Waals surface area contributed by atoms with Gasteiger partial charge in [0.25, 0.3) is 0 Å². The van der Waals surface area contributed by atoms with Gasteiger partial charge in [-0.25, -0.2) is 0 Å². The van der Waals surface area contributed by atoms with E-state index in [1.807, 2.05) is 29.2 Å². The van der Waals surface area contributed by atoms with E-state index < -0.39 is 6.10 Å². The lowest BCUT2D eigenvalue weighted by Crippen LogP contribution is -2.48. The van der Waals surface area contributed by atoms with E-state index in [-0.39, 0.29) is 23.8 Å². The summed E-state index contributed by atoms with van der Waals surface area (Å²) >= 11 is 1.65. The molecule has 2 aliphatic heterocycles. The smallest absolute Gasteiger partial charge is 0.246 e. The molecule has 0 aromatic heterocycles. The fourth-order valence-electron chi connectivity index (χ4n) is 4.22. The number of carbonyl (C=O) groups excluding carboxylic acids is 2. The summed E-state index contributed by atoms with van der Waals surface area (Å²) in [7, 11) is 0. The van der Waals surface area contributed by atoms with Crippen molar-refractivity contribution in [3.05, 3.63) is 35.4 Å². The average molecular weight is 360 g/mol. The molecule has 2 amide bonds. The molecule has 3 unspecified atom stereocenters. The first-order valence-electron chi connectivity index (χ1n) is 9.07. The van der Waals surface area contributed by atoms with Crippen molar-refractivity contribution in [3.63, 3.8) is 0 Å². The van der Waals surface area contributed by atoms with Crippen LogP contribution in [0.2, 0.25) is 0 Å². The van der Waals surface area contributed by atoms with E-state index in [9.17, 15) is 14.7 Å². The van der Waals surface area contributed by atoms with Crippen LogP contribution in [0.5, 0.6) is 0 Å². The number of aliphatic hydroxyl groups excluding tert-OH is 1. The van der Waals surface area contributed by atoms with Crippen LogP contribution in [-0.2, 0) is 16.0 Å². The number of hydrogen-bond donors (Lipinski definition) is 1. The standard InChI is InChI=1S/C19H24N2O3S/c22-17(10-14-9-13-5-1-2-6-15(13)18(14)23)21-12-25-11-16(21)19(24)20-7-3-4-8-20/h1-2,5-6,14,16,18,23H,3-4,7-12H2. The lowest BCUT2D eigenvalue weighted by atomic mass is 9.98. The number of likely N-dealkylation sites (tertiary alicyclic amines) is 1. The molecule has 5 nitrogen and oxygen atoms in total. The molecule has 1 aliphatic carbocycles. The largest absolute Gasteiger partial charge is 0.388 e. The monoisotopic (exact) mass is 360 g/mol. The van der Waals surface area contributed by atoms with Crippen molar-refractivity contribution >= 4 is 23.6 Å². The minimum absolute atomic E-state index is 0.000553. The van der Waals surface area contributed by atoms with Gasteiger partial charge < -0.3 is 14.9 Å². The van der Waals surface area contributed by atoms with Gasteiger partial charge in [0.1, 0.15) is 6.04 Å². The quantitative estimate of drug-likeness (QED) is 0.893. The zero-order valence-electron chi connectivity index (χ0n) is 14.3. The predicted molar refractivity (Wildman–Crippen MR) is 97.0 cm³/mol. The van der Waals surface area contributed by atoms with Gasteiger partial charge in [0.05, 0.1) is 12.0 Å². The topological polar surface area (TPSA) is 60.9 Å². The maximum absolute atomic E-state index is 12.9. The molecule has 6 heteroatoms. The Bertz CT molecular complexity index is 674. The zero-order valence-corrected chi connectivity index (χ0v) is 15.1. The molecule has 2 heterocycles. The number of thioether (sulfide) groups is 1. The second kappa shape index (κ2) is 7.00. The molecule has 25 heavy (non-hydrogen) atoms. The molecule has 134 valence electrons. The third-order valence-electron chi connectivity index (χ3n) is 5.64. The number of aliphatic hydroxyl groups is 1. The van der Waals surface area contributed by atoms with E-state index in [0.717, 1.165) is 43.5 Å². The average Bonchev–Trinajstić information content (AvgIpc) is 3.35. The lowest BCUT2D eigenvalue weighted by Gasteiger charge is -2.28. The Morgan fingerprint density at radius 3 is 2.72 bits per heavy atom. The van der Waals surface area contributed by atoms with Crippen LogP contribution >= 0.6 is 11.8 Å². The highest BCUT2D eigenvalue weighted by molar-refractivity contribution is 7.99. The molecular formula is C19H24N2O3S. The minimum Gasteiger partial charge on any atom is -0.388 e. The van der Waals surface area contributed by atoms with Gasteiger partial charge in [0.2, 0.25) is 11.8 Å². The van der Waals surface area contributed by atoms with Crippen LogP contribution in [0.4, 0.5) is 0 Å². The molecule has 2 fully saturated rings. The molecule has 0 radical (unpaired) electrons. The van der Waals surface area contributed by atoms with Gasteiger partial charge in [0, 0.05) is 31.2 Å². The summed E-state index contributed by atoms with van der Waals surface area (Å²) in [6.45, 7) is 1.64. The molecule has 1 aromatic rings. The van der Waals surface area contributed by atoms with Gasteiger partial charge in [-0.1, -0.05) is 24.3 Å². The summed E-state index contributed by atoms with van der Waals surface area (Å²) in [6, 6.07) is 7.53. The maximum atomic E-state index is 12.9. The first-order valence-corrected chi connectivity index (χ1v) is 10.2. The molecule has 0 spiro atoms. The van der Waals surface area contributed by atoms with Crippen LogP contribution in [0.3, 0.4) is 0 Å². The third kappa shape index (κ3) is 3.17. The third-order valence-corrected chi connectivity index (χ3v) is 6.66. The van der Waals surface area contributed by atoms with Crippen molar-refractivity contribution in [1.29, 1.82) is 0 Å². The van der Waals surface area contributed by atoms with Gasteiger partial charge in [-0.3, -0.25) is 9.59 Å². The van der Waals surface area contributed by atoms with E-state index in [2.05, 4.69) is 0 Å². The number of nitrogens with zero attached hydrogens (tertiary/aromatic N) is 2. The Balaban J connectivity index is 1.41. The molecule has 1 aromatic carbocycles. The normalized spacial score (nSPS) is 28.4. The first kappa shape index (κ1) is 16.9. The predicted octanol–water partition coefficient (Wildman–Crippen LogP) is 1.81. The highest BCUT2D eigenvalue weighted by atomic mass is 32.2. The molecule has 3 atom stereocenters. The molecule has 4 rings (SSSR count). The summed E-state index contributed by atoms with van der Waals surface area (Å²) < 4.78 is 0. The number of amides is 2. The van der Waals surface area contributed by atoms with Crippen molar-refractivity contribution < 1.29 is 14.7 Å². The molecular weight excluding hydrogens is 336 g/mol. The minimum atomic E-state index is -0.580. The highest BCUT2D eigenvalue weighted by Crippen LogP contribution is 2.38. The van der Waals surface area contributed by atoms with Crippen LogP contribution < -0.4 is 0 Å². The summed E-state index contributed by atoms with van der Waals surface area (Å²) in [5.41, 5.74) is 2.08. The Morgan fingerprint density at radius 2 is 1.96 bits per heavy atom. The molecule has 0 bridgehead atoms. The van der Waals surface area contributed by atoms with Crippen LogP contribution in [-0.4, -0.2) is 57.5 Å². The van der Waals surface area contributed by atoms with Gasteiger partial charge >= 0.3 is 0 Å². The van der Waals surface area contributed by atoms with E-state index in [1.54, 1.807) is 16.7 Å². The van der Waals surface area contributed by atoms with Gasteiger partial charge in [0.15, 0.2) is 0 Å². The Morgan fingerprint density at radius 1 is 1.20 bits per heavy atom. The van der Waals surface area contributed by atoms with E-state index >= 15 is 0 Å². The fraction of sp³-hybridized carbons (Fsp3) is 0.579. The van der Waals surface area contributed by atoms with Crippen LogP contribution in [0.15, 0.2) is 24.3 Å². The summed E-state index contributed by atoms with van der Waals surface area (Å²) in [6.07, 6.45) is 2.58. The van der Waals surface area contributed by atoms with Gasteiger partial charge in [-0.2, -0.15) is 0 Å². The number of benzene rings is 1. The van der Waals surface area contributed by atoms with Crippen LogP contribution in [0, 0.1) is 5.92 Å². The van der Waals surface area contributed by atoms with E-state index in [0.29, 0.717) is 18.1 Å². The van der Waals surface area contributed by atoms with Crippen molar-refractivity contribution in [1.82, 2.24) is 9.80 Å². The van der Waals surface area contributed by atoms with E-state index in [1.165, 1.54) is 0 Å². The number of fused-ring (bicyclic) bond motifs is 1. The van der Waals surface area contributed by atoms with Gasteiger partial charge in [-0.05, 0) is 30.4 Å². The number of rotatable bonds is 3. The van der Waals surface area contributed by atoms with Crippen molar-refractivity contribution in [2.45, 2.75) is 37.8 Å². The second-order valence-electron chi connectivity index (χ2n) is 7.22. The summed E-state index contributed by atoms with van der Waals surface area (Å²) in [5, 5.41) is 10.5. The SMILES string of the molecule is O=C(C1CSCN1C(=O)CC1Cc2ccccc2C1O)N1CCCC1. The van der Waals surface area contributed by atoms with E-state index in [4.69, 9.17) is 0 Å². The van der Waals surface area contributed by atoms with Crippen LogP contribution in [0.1, 0.15) is 36.5 Å². The number of hydrogen-bond acceptors (Lipinski definition) is 4. The van der Waals surface area contributed by atoms with Gasteiger partial charge in [-0.15, -0.1) is 11.8 Å². The second-order valence-corrected chi connectivity index (χ2v) is 8.22. The Hall–Kier alpha value is -1.53. The van der Waals surface area contributed by atoms with Crippen molar-refractivity contribution in [3.8, 4) is 0 Å². The lowest BCUT2D eigenvalue weighted by molar-refractivity contribution is -0.143. The fourth-order valence-corrected chi connectivity index (χ4v) is 5.40. The zero-order chi connectivity index (χ0) is 17.4. The highest BCUT2D eigenvalue weighted by Gasteiger charge is 2.40. The Kier molecular flexibility index (Phi) is 4.73. The maximum Gasteiger partial charge on any atom is 0.246 e. The summed E-state index contributed by atoms with van der Waals surface area (Å²) in [4.78, 5) is 29.2. The summed E-state index contributed by atoms with van der Waals surface area (Å²) in [5.74, 6) is 1.29. The molecule has 0 saturated carbocycles. The first-order chi connectivity index (χ1) is 12.1. The molecule has 2 saturated heterocycles. The van der Waals surface area contributed by atoms with Crippen molar-refractivity contribution in [2.75, 3.05) is 24.7 Å². The Labute approximate surface area is 152 Å². The van der Waals surface area contributed by atoms with Crippen LogP contribution in [0.25, 0.3) is 0 Å².